The topological polar surface area (TPSA) is 33.4 Å². The van der Waals surface area contributed by atoms with Gasteiger partial charge in [-0.05, 0) is 25.0 Å². The normalized spacial score (nSPS) is 11.2. The molecular formula is C18H19ClF2N4. The molecule has 0 saturated heterocycles. The van der Waals surface area contributed by atoms with Crippen molar-refractivity contribution in [3.05, 3.63) is 47.4 Å². The Labute approximate surface area is 150 Å². The lowest BCUT2D eigenvalue weighted by Crippen LogP contribution is -2.28. The molecule has 0 bridgehead atoms. The molecule has 0 fully saturated rings. The maximum atomic E-state index is 14.5. The molecule has 3 aromatic rings. The average molecular weight is 365 g/mol. The maximum absolute atomic E-state index is 14.5. The van der Waals surface area contributed by atoms with Crippen LogP contribution < -0.4 is 4.90 Å². The van der Waals surface area contributed by atoms with E-state index < -0.39 is 11.6 Å². The van der Waals surface area contributed by atoms with Gasteiger partial charge in [-0.25, -0.2) is 13.8 Å². The van der Waals surface area contributed by atoms with E-state index in [1.807, 2.05) is 0 Å². The van der Waals surface area contributed by atoms with Gasteiger partial charge in [0.15, 0.2) is 0 Å². The number of benzene rings is 1. The Kier molecular flexibility index (Phi) is 5.18. The number of rotatable bonds is 6. The smallest absolute Gasteiger partial charge is 0.236 e. The van der Waals surface area contributed by atoms with Gasteiger partial charge in [0.2, 0.25) is 5.78 Å². The Balaban J connectivity index is 2.37. The molecular weight excluding hydrogens is 346 g/mol. The van der Waals surface area contributed by atoms with Crippen molar-refractivity contribution in [2.45, 2.75) is 26.7 Å². The van der Waals surface area contributed by atoms with E-state index in [1.165, 1.54) is 18.2 Å². The van der Waals surface area contributed by atoms with E-state index in [9.17, 15) is 8.78 Å². The minimum absolute atomic E-state index is 0.0370. The van der Waals surface area contributed by atoms with Gasteiger partial charge >= 0.3 is 0 Å². The monoisotopic (exact) mass is 364 g/mol. The zero-order valence-electron chi connectivity index (χ0n) is 14.1. The van der Waals surface area contributed by atoms with Gasteiger partial charge in [0.25, 0.3) is 0 Å². The highest BCUT2D eigenvalue weighted by atomic mass is 35.5. The SMILES string of the molecule is CCCN(CCC)c1c(-c2c(F)cccc2F)c(Cl)nc2nccn12. The number of fused-ring (bicyclic) bond motifs is 1. The van der Waals surface area contributed by atoms with Crippen LogP contribution in [0.1, 0.15) is 26.7 Å². The standard InChI is InChI=1S/C18H19ClF2N4/c1-3-9-24(10-4-2)17-15(14-12(20)6-5-7-13(14)21)16(19)23-18-22-8-11-25(17)18/h5-8,11H,3-4,9-10H2,1-2H3. The van der Waals surface area contributed by atoms with Crippen molar-refractivity contribution in [1.29, 1.82) is 0 Å². The van der Waals surface area contributed by atoms with Crippen molar-refractivity contribution >= 4 is 23.2 Å². The molecule has 1 aromatic carbocycles. The molecule has 4 nitrogen and oxygen atoms in total. The summed E-state index contributed by atoms with van der Waals surface area (Å²) < 4.78 is 30.7. The molecule has 0 aliphatic rings. The molecule has 0 amide bonds. The number of imidazole rings is 1. The Morgan fingerprint density at radius 1 is 1.08 bits per heavy atom. The lowest BCUT2D eigenvalue weighted by molar-refractivity contribution is 0.589. The Bertz CT molecular complexity index is 868. The second kappa shape index (κ2) is 7.35. The lowest BCUT2D eigenvalue weighted by Gasteiger charge is -2.27. The van der Waals surface area contributed by atoms with Gasteiger partial charge in [-0.3, -0.25) is 4.40 Å². The number of halogens is 3. The van der Waals surface area contributed by atoms with Gasteiger partial charge in [0, 0.05) is 25.5 Å². The van der Waals surface area contributed by atoms with Crippen molar-refractivity contribution in [2.75, 3.05) is 18.0 Å². The van der Waals surface area contributed by atoms with Crippen molar-refractivity contribution in [3.63, 3.8) is 0 Å². The molecule has 132 valence electrons. The van der Waals surface area contributed by atoms with Crippen molar-refractivity contribution in [1.82, 2.24) is 14.4 Å². The average Bonchev–Trinajstić information content (AvgIpc) is 3.02. The molecule has 25 heavy (non-hydrogen) atoms. The molecule has 0 aliphatic heterocycles. The predicted octanol–water partition coefficient (Wildman–Crippen LogP) is 4.95. The second-order valence-electron chi connectivity index (χ2n) is 5.78. The number of anilines is 1. The van der Waals surface area contributed by atoms with E-state index in [1.54, 1.807) is 16.8 Å². The van der Waals surface area contributed by atoms with Crippen LogP contribution in [0.5, 0.6) is 0 Å². The first-order valence-corrected chi connectivity index (χ1v) is 8.68. The Hall–Kier alpha value is -2.21. The van der Waals surface area contributed by atoms with Gasteiger partial charge in [0.05, 0.1) is 11.1 Å². The van der Waals surface area contributed by atoms with Crippen LogP contribution in [0, 0.1) is 11.6 Å². The molecule has 7 heteroatoms. The largest absolute Gasteiger partial charge is 0.357 e. The van der Waals surface area contributed by atoms with Gasteiger partial charge in [-0.2, -0.15) is 4.98 Å². The number of hydrogen-bond acceptors (Lipinski definition) is 3. The quantitative estimate of drug-likeness (QED) is 0.580. The van der Waals surface area contributed by atoms with Gasteiger partial charge in [0.1, 0.15) is 22.6 Å². The first kappa shape index (κ1) is 17.6. The molecule has 0 aliphatic carbocycles. The maximum Gasteiger partial charge on any atom is 0.236 e. The van der Waals surface area contributed by atoms with Crippen LogP contribution in [0.25, 0.3) is 16.9 Å². The first-order valence-electron chi connectivity index (χ1n) is 8.30. The third-order valence-corrected chi connectivity index (χ3v) is 4.25. The van der Waals surface area contributed by atoms with E-state index in [4.69, 9.17) is 11.6 Å². The highest BCUT2D eigenvalue weighted by Gasteiger charge is 2.25. The molecule has 0 N–H and O–H groups in total. The van der Waals surface area contributed by atoms with Crippen LogP contribution in [-0.2, 0) is 0 Å². The van der Waals surface area contributed by atoms with Crippen molar-refractivity contribution < 1.29 is 8.78 Å². The number of nitrogens with zero attached hydrogens (tertiary/aromatic N) is 4. The summed E-state index contributed by atoms with van der Waals surface area (Å²) in [5, 5.41) is 0.0370. The molecule has 2 heterocycles. The van der Waals surface area contributed by atoms with E-state index in [2.05, 4.69) is 28.7 Å². The summed E-state index contributed by atoms with van der Waals surface area (Å²) in [5.41, 5.74) is 0.0903. The van der Waals surface area contributed by atoms with Crippen LogP contribution in [-0.4, -0.2) is 27.5 Å². The van der Waals surface area contributed by atoms with Crippen LogP contribution in [0.3, 0.4) is 0 Å². The zero-order valence-corrected chi connectivity index (χ0v) is 14.9. The minimum atomic E-state index is -0.669. The van der Waals surface area contributed by atoms with E-state index in [0.717, 1.165) is 25.9 Å². The van der Waals surface area contributed by atoms with Crippen LogP contribution in [0.4, 0.5) is 14.6 Å². The fourth-order valence-corrected chi connectivity index (χ4v) is 3.28. The van der Waals surface area contributed by atoms with Crippen LogP contribution in [0.2, 0.25) is 5.15 Å². The van der Waals surface area contributed by atoms with Gasteiger partial charge in [-0.15, -0.1) is 0 Å². The summed E-state index contributed by atoms with van der Waals surface area (Å²) in [6.45, 7) is 5.56. The third-order valence-electron chi connectivity index (χ3n) is 3.98. The lowest BCUT2D eigenvalue weighted by atomic mass is 10.1. The van der Waals surface area contributed by atoms with Crippen molar-refractivity contribution in [2.24, 2.45) is 0 Å². The summed E-state index contributed by atoms with van der Waals surface area (Å²) in [6.07, 6.45) is 5.10. The number of aromatic nitrogens is 3. The fraction of sp³-hybridized carbons (Fsp3) is 0.333. The summed E-state index contributed by atoms with van der Waals surface area (Å²) in [5.74, 6) is -0.326. The highest BCUT2D eigenvalue weighted by molar-refractivity contribution is 6.33. The van der Waals surface area contributed by atoms with E-state index >= 15 is 0 Å². The molecule has 0 spiro atoms. The summed E-state index contributed by atoms with van der Waals surface area (Å²) in [6, 6.07) is 3.78. The predicted molar refractivity (Wildman–Crippen MR) is 96.1 cm³/mol. The molecule has 3 rings (SSSR count). The first-order chi connectivity index (χ1) is 12.1. The summed E-state index contributed by atoms with van der Waals surface area (Å²) >= 11 is 6.36. The molecule has 0 radical (unpaired) electrons. The number of hydrogen-bond donors (Lipinski definition) is 0. The zero-order chi connectivity index (χ0) is 18.0. The van der Waals surface area contributed by atoms with Crippen LogP contribution >= 0.6 is 11.6 Å². The van der Waals surface area contributed by atoms with E-state index in [-0.39, 0.29) is 16.3 Å². The molecule has 2 aromatic heterocycles. The van der Waals surface area contributed by atoms with Crippen LogP contribution in [0.15, 0.2) is 30.6 Å². The Morgan fingerprint density at radius 3 is 2.32 bits per heavy atom. The van der Waals surface area contributed by atoms with E-state index in [0.29, 0.717) is 11.6 Å². The molecule has 0 unspecified atom stereocenters. The molecule has 0 saturated carbocycles. The summed E-state index contributed by atoms with van der Waals surface area (Å²) in [7, 11) is 0. The Morgan fingerprint density at radius 2 is 1.72 bits per heavy atom. The minimum Gasteiger partial charge on any atom is -0.357 e. The fourth-order valence-electron chi connectivity index (χ4n) is 3.03. The highest BCUT2D eigenvalue weighted by Crippen LogP contribution is 2.39. The summed E-state index contributed by atoms with van der Waals surface area (Å²) in [4.78, 5) is 10.5. The van der Waals surface area contributed by atoms with Crippen molar-refractivity contribution in [3.8, 4) is 11.1 Å². The third kappa shape index (κ3) is 3.18. The van der Waals surface area contributed by atoms with Gasteiger partial charge < -0.3 is 4.90 Å². The second-order valence-corrected chi connectivity index (χ2v) is 6.14. The molecule has 0 atom stereocenters. The van der Waals surface area contributed by atoms with Gasteiger partial charge in [-0.1, -0.05) is 31.5 Å².